The number of rotatable bonds is 4. The molecular weight excluding hydrogens is 248 g/mol. The molecule has 0 fully saturated rings. The summed E-state index contributed by atoms with van der Waals surface area (Å²) >= 11 is 0. The molecule has 102 valence electrons. The molecule has 7 heteroatoms. The highest BCUT2D eigenvalue weighted by Gasteiger charge is 2.18. The number of aryl methyl sites for hydroxylation is 2. The summed E-state index contributed by atoms with van der Waals surface area (Å²) in [6.45, 7) is 5.39. The average molecular weight is 264 g/mol. The van der Waals surface area contributed by atoms with Gasteiger partial charge < -0.3 is 9.84 Å². The van der Waals surface area contributed by atoms with E-state index in [0.717, 1.165) is 17.0 Å². The van der Waals surface area contributed by atoms with Crippen molar-refractivity contribution in [2.24, 2.45) is 5.92 Å². The van der Waals surface area contributed by atoms with Crippen LogP contribution in [0.2, 0.25) is 0 Å². The molecule has 2 rings (SSSR count). The lowest BCUT2D eigenvalue weighted by molar-refractivity contribution is -0.141. The first kappa shape index (κ1) is 13.3. The quantitative estimate of drug-likeness (QED) is 0.886. The molecule has 0 aliphatic rings. The largest absolute Gasteiger partial charge is 0.481 e. The minimum atomic E-state index is -0.824. The van der Waals surface area contributed by atoms with Crippen molar-refractivity contribution < 1.29 is 14.6 Å². The van der Waals surface area contributed by atoms with Crippen molar-refractivity contribution in [2.75, 3.05) is 7.11 Å². The van der Waals surface area contributed by atoms with Crippen LogP contribution in [0.3, 0.4) is 0 Å². The monoisotopic (exact) mass is 264 g/mol. The van der Waals surface area contributed by atoms with E-state index in [2.05, 4.69) is 15.1 Å². The van der Waals surface area contributed by atoms with E-state index in [-0.39, 0.29) is 6.01 Å². The molecular formula is C12H16N4O3. The fourth-order valence-electron chi connectivity index (χ4n) is 1.97. The Bertz CT molecular complexity index is 635. The van der Waals surface area contributed by atoms with Crippen molar-refractivity contribution in [3.05, 3.63) is 17.0 Å². The van der Waals surface area contributed by atoms with Crippen LogP contribution >= 0.6 is 0 Å². The summed E-state index contributed by atoms with van der Waals surface area (Å²) in [6, 6.07) is 0.249. The van der Waals surface area contributed by atoms with E-state index in [1.165, 1.54) is 7.11 Å². The number of fused-ring (bicyclic) bond motifs is 1. The molecule has 2 heterocycles. The number of aliphatic carboxylic acids is 1. The second-order valence-corrected chi connectivity index (χ2v) is 4.51. The molecule has 1 N–H and O–H groups in total. The van der Waals surface area contributed by atoms with Crippen LogP contribution in [0.1, 0.15) is 23.9 Å². The van der Waals surface area contributed by atoms with E-state index in [1.54, 1.807) is 11.4 Å². The van der Waals surface area contributed by atoms with Crippen LogP contribution in [-0.4, -0.2) is 37.8 Å². The maximum Gasteiger partial charge on any atom is 0.337 e. The Morgan fingerprint density at radius 1 is 1.42 bits per heavy atom. The van der Waals surface area contributed by atoms with Gasteiger partial charge in [-0.25, -0.2) is 4.98 Å². The van der Waals surface area contributed by atoms with Gasteiger partial charge in [0.2, 0.25) is 0 Å². The highest BCUT2D eigenvalue weighted by atomic mass is 16.5. The molecule has 0 amide bonds. The molecule has 1 atom stereocenters. The van der Waals surface area contributed by atoms with E-state index < -0.39 is 11.9 Å². The molecule has 19 heavy (non-hydrogen) atoms. The summed E-state index contributed by atoms with van der Waals surface area (Å²) in [4.78, 5) is 19.4. The van der Waals surface area contributed by atoms with Gasteiger partial charge in [0.15, 0.2) is 0 Å². The Morgan fingerprint density at radius 3 is 2.68 bits per heavy atom. The van der Waals surface area contributed by atoms with Gasteiger partial charge in [-0.05, 0) is 25.8 Å². The summed E-state index contributed by atoms with van der Waals surface area (Å²) in [5.74, 6) is -0.837. The molecule has 7 nitrogen and oxygen atoms in total. The van der Waals surface area contributed by atoms with Gasteiger partial charge in [-0.2, -0.15) is 9.50 Å². The molecule has 0 spiro atoms. The van der Waals surface area contributed by atoms with Gasteiger partial charge in [0.1, 0.15) is 0 Å². The average Bonchev–Trinajstić information content (AvgIpc) is 2.77. The molecule has 0 bridgehead atoms. The van der Waals surface area contributed by atoms with Gasteiger partial charge >= 0.3 is 12.0 Å². The van der Waals surface area contributed by atoms with Crippen molar-refractivity contribution in [2.45, 2.75) is 27.2 Å². The number of ether oxygens (including phenoxy) is 1. The SMILES string of the molecule is COc1nc2nc(C)c(CC(C)C(=O)O)c(C)n2n1. The van der Waals surface area contributed by atoms with Crippen LogP contribution in [0.5, 0.6) is 6.01 Å². The van der Waals surface area contributed by atoms with Gasteiger partial charge in [0, 0.05) is 11.4 Å². The van der Waals surface area contributed by atoms with E-state index in [0.29, 0.717) is 12.2 Å². The number of nitrogens with zero attached hydrogens (tertiary/aromatic N) is 4. The van der Waals surface area contributed by atoms with E-state index in [4.69, 9.17) is 9.84 Å². The summed E-state index contributed by atoms with van der Waals surface area (Å²) in [5, 5.41) is 13.2. The lowest BCUT2D eigenvalue weighted by atomic mass is 9.99. The minimum Gasteiger partial charge on any atom is -0.481 e. The van der Waals surface area contributed by atoms with Gasteiger partial charge in [-0.1, -0.05) is 6.92 Å². The maximum absolute atomic E-state index is 11.0. The Labute approximate surface area is 110 Å². The summed E-state index contributed by atoms with van der Waals surface area (Å²) in [7, 11) is 1.49. The van der Waals surface area contributed by atoms with Crippen molar-refractivity contribution in [1.29, 1.82) is 0 Å². The number of hydrogen-bond acceptors (Lipinski definition) is 5. The number of methoxy groups -OCH3 is 1. The Hall–Kier alpha value is -2.18. The van der Waals surface area contributed by atoms with Crippen LogP contribution in [-0.2, 0) is 11.2 Å². The molecule has 0 saturated carbocycles. The first-order valence-corrected chi connectivity index (χ1v) is 5.93. The molecule has 0 radical (unpaired) electrons. The van der Waals surface area contributed by atoms with E-state index >= 15 is 0 Å². The summed E-state index contributed by atoms with van der Waals surface area (Å²) in [5.41, 5.74) is 2.49. The second kappa shape index (κ2) is 4.83. The smallest absolute Gasteiger partial charge is 0.337 e. The Kier molecular flexibility index (Phi) is 3.37. The predicted molar refractivity (Wildman–Crippen MR) is 67.3 cm³/mol. The van der Waals surface area contributed by atoms with Crippen LogP contribution in [0.4, 0.5) is 0 Å². The second-order valence-electron chi connectivity index (χ2n) is 4.51. The molecule has 1 unspecified atom stereocenters. The fourth-order valence-corrected chi connectivity index (χ4v) is 1.97. The third-order valence-electron chi connectivity index (χ3n) is 3.14. The zero-order valence-electron chi connectivity index (χ0n) is 11.3. The lowest BCUT2D eigenvalue weighted by Gasteiger charge is -2.12. The minimum absolute atomic E-state index is 0.249. The van der Waals surface area contributed by atoms with Crippen molar-refractivity contribution in [1.82, 2.24) is 19.6 Å². The normalized spacial score (nSPS) is 12.6. The van der Waals surface area contributed by atoms with E-state index in [1.807, 2.05) is 13.8 Å². The third-order valence-corrected chi connectivity index (χ3v) is 3.14. The predicted octanol–water partition coefficient (Wildman–Crippen LogP) is 1.01. The van der Waals surface area contributed by atoms with Gasteiger partial charge in [0.25, 0.3) is 5.78 Å². The fraction of sp³-hybridized carbons (Fsp3) is 0.500. The lowest BCUT2D eigenvalue weighted by Crippen LogP contribution is -2.16. The van der Waals surface area contributed by atoms with Crippen LogP contribution in [0.15, 0.2) is 0 Å². The molecule has 0 saturated heterocycles. The topological polar surface area (TPSA) is 89.6 Å². The number of aromatic nitrogens is 4. The number of carboxylic acid groups (broad SMARTS) is 1. The molecule has 0 aliphatic heterocycles. The van der Waals surface area contributed by atoms with Crippen LogP contribution in [0.25, 0.3) is 5.78 Å². The first-order valence-electron chi connectivity index (χ1n) is 5.93. The highest BCUT2D eigenvalue weighted by Crippen LogP contribution is 2.19. The molecule has 2 aromatic heterocycles. The van der Waals surface area contributed by atoms with Gasteiger partial charge in [-0.3, -0.25) is 4.79 Å². The summed E-state index contributed by atoms with van der Waals surface area (Å²) < 4.78 is 6.56. The maximum atomic E-state index is 11.0. The van der Waals surface area contributed by atoms with Gasteiger partial charge in [-0.15, -0.1) is 5.10 Å². The Balaban J connectivity index is 2.52. The number of carbonyl (C=O) groups is 1. The van der Waals surface area contributed by atoms with E-state index in [9.17, 15) is 4.79 Å². The number of carboxylic acids is 1. The van der Waals surface area contributed by atoms with Crippen LogP contribution in [0, 0.1) is 19.8 Å². The Morgan fingerprint density at radius 2 is 2.11 bits per heavy atom. The van der Waals surface area contributed by atoms with Crippen molar-refractivity contribution in [3.8, 4) is 6.01 Å². The number of hydrogen-bond donors (Lipinski definition) is 1. The summed E-state index contributed by atoms with van der Waals surface area (Å²) in [6.07, 6.45) is 0.415. The van der Waals surface area contributed by atoms with Crippen molar-refractivity contribution >= 4 is 11.7 Å². The van der Waals surface area contributed by atoms with Crippen LogP contribution < -0.4 is 4.74 Å². The van der Waals surface area contributed by atoms with Gasteiger partial charge in [0.05, 0.1) is 13.0 Å². The molecule has 2 aromatic rings. The van der Waals surface area contributed by atoms with Crippen molar-refractivity contribution in [3.63, 3.8) is 0 Å². The molecule has 0 aromatic carbocycles. The zero-order valence-corrected chi connectivity index (χ0v) is 11.3. The molecule has 0 aliphatic carbocycles. The third kappa shape index (κ3) is 2.35. The zero-order chi connectivity index (χ0) is 14.2. The standard InChI is InChI=1S/C12H16N4O3/c1-6(10(17)18)5-9-7(2)13-11-14-12(19-4)15-16(11)8(9)3/h6H,5H2,1-4H3,(H,17,18). The first-order chi connectivity index (χ1) is 8.93. The highest BCUT2D eigenvalue weighted by molar-refractivity contribution is 5.70.